The molecular weight excluding hydrogens is 226 g/mol. The Morgan fingerprint density at radius 3 is 2.72 bits per heavy atom. The number of ether oxygens (including phenoxy) is 1. The second-order valence-corrected chi connectivity index (χ2v) is 5.50. The molecule has 1 aromatic rings. The van der Waals surface area contributed by atoms with Crippen molar-refractivity contribution in [3.05, 3.63) is 12.1 Å². The zero-order valence-electron chi connectivity index (χ0n) is 10.7. The van der Waals surface area contributed by atoms with Crippen molar-refractivity contribution >= 4 is 11.5 Å². The van der Waals surface area contributed by atoms with Crippen LogP contribution >= 0.6 is 0 Å². The second kappa shape index (κ2) is 5.04. The van der Waals surface area contributed by atoms with E-state index in [9.17, 15) is 0 Å². The lowest BCUT2D eigenvalue weighted by Gasteiger charge is -2.10. The number of nitrogen functional groups attached to an aromatic ring is 1. The highest BCUT2D eigenvalue weighted by atomic mass is 16.5. The van der Waals surface area contributed by atoms with E-state index >= 15 is 0 Å². The smallest absolute Gasteiger partial charge is 0.239 e. The molecule has 0 radical (unpaired) electrons. The highest BCUT2D eigenvalue weighted by molar-refractivity contribution is 5.53. The first-order valence-electron chi connectivity index (χ1n) is 6.94. The molecule has 0 amide bonds. The van der Waals surface area contributed by atoms with E-state index in [1.165, 1.54) is 32.1 Å². The molecule has 18 heavy (non-hydrogen) atoms. The average molecular weight is 247 g/mol. The number of hydrogen-bond acceptors (Lipinski definition) is 4. The number of rotatable bonds is 7. The Labute approximate surface area is 108 Å². The topological polar surface area (TPSA) is 60.2 Å². The van der Waals surface area contributed by atoms with Crippen LogP contribution in [0.5, 0.6) is 5.88 Å². The summed E-state index contributed by atoms with van der Waals surface area (Å²) in [4.78, 5) is 4.43. The fourth-order valence-electron chi connectivity index (χ4n) is 1.96. The predicted molar refractivity (Wildman–Crippen MR) is 72.7 cm³/mol. The lowest BCUT2D eigenvalue weighted by Crippen LogP contribution is -2.08. The molecule has 0 saturated heterocycles. The van der Waals surface area contributed by atoms with E-state index in [-0.39, 0.29) is 0 Å². The van der Waals surface area contributed by atoms with Gasteiger partial charge in [0, 0.05) is 6.54 Å². The molecular formula is C14H21N3O. The summed E-state index contributed by atoms with van der Waals surface area (Å²) in [6.45, 7) is 1.74. The summed E-state index contributed by atoms with van der Waals surface area (Å²) < 4.78 is 5.67. The molecule has 2 fully saturated rings. The molecule has 4 heteroatoms. The van der Waals surface area contributed by atoms with Crippen molar-refractivity contribution in [2.45, 2.75) is 32.1 Å². The van der Waals surface area contributed by atoms with Crippen LogP contribution in [0, 0.1) is 11.8 Å². The van der Waals surface area contributed by atoms with Crippen LogP contribution in [0.3, 0.4) is 0 Å². The van der Waals surface area contributed by atoms with E-state index in [4.69, 9.17) is 10.5 Å². The molecule has 1 aromatic heterocycles. The molecule has 0 spiro atoms. The maximum atomic E-state index is 5.87. The molecule has 0 aliphatic heterocycles. The van der Waals surface area contributed by atoms with Gasteiger partial charge in [-0.1, -0.05) is 12.8 Å². The van der Waals surface area contributed by atoms with Gasteiger partial charge < -0.3 is 15.8 Å². The molecule has 2 aliphatic carbocycles. The average Bonchev–Trinajstić information content (AvgIpc) is 3.24. The lowest BCUT2D eigenvalue weighted by molar-refractivity contribution is 0.290. The Morgan fingerprint density at radius 1 is 1.22 bits per heavy atom. The number of anilines is 2. The van der Waals surface area contributed by atoms with Gasteiger partial charge in [0.25, 0.3) is 0 Å². The van der Waals surface area contributed by atoms with Crippen LogP contribution in [0.15, 0.2) is 12.1 Å². The highest BCUT2D eigenvalue weighted by Crippen LogP contribution is 2.32. The minimum Gasteiger partial charge on any atom is -0.476 e. The first kappa shape index (κ1) is 11.6. The minimum atomic E-state index is 0.582. The van der Waals surface area contributed by atoms with Gasteiger partial charge in [0.2, 0.25) is 5.88 Å². The molecule has 0 aromatic carbocycles. The van der Waals surface area contributed by atoms with Crippen LogP contribution in [0.2, 0.25) is 0 Å². The van der Waals surface area contributed by atoms with E-state index in [2.05, 4.69) is 10.3 Å². The van der Waals surface area contributed by atoms with Crippen molar-refractivity contribution in [3.8, 4) is 5.88 Å². The Bertz CT molecular complexity index is 414. The third-order valence-corrected chi connectivity index (χ3v) is 3.60. The van der Waals surface area contributed by atoms with Gasteiger partial charge in [0.15, 0.2) is 0 Å². The van der Waals surface area contributed by atoms with Crippen molar-refractivity contribution in [1.29, 1.82) is 0 Å². The number of aromatic nitrogens is 1. The zero-order chi connectivity index (χ0) is 12.4. The van der Waals surface area contributed by atoms with Crippen molar-refractivity contribution in [1.82, 2.24) is 4.98 Å². The molecule has 2 aliphatic rings. The first-order chi connectivity index (χ1) is 8.81. The first-order valence-corrected chi connectivity index (χ1v) is 6.94. The van der Waals surface area contributed by atoms with Crippen molar-refractivity contribution in [3.63, 3.8) is 0 Å². The van der Waals surface area contributed by atoms with Crippen molar-refractivity contribution in [2.24, 2.45) is 11.8 Å². The third kappa shape index (κ3) is 3.28. The summed E-state index contributed by atoms with van der Waals surface area (Å²) in [5.41, 5.74) is 6.50. The number of hydrogen-bond donors (Lipinski definition) is 2. The SMILES string of the molecule is Nc1ccc(NCCC2CC2)nc1OCC1CC1. The van der Waals surface area contributed by atoms with Gasteiger partial charge >= 0.3 is 0 Å². The van der Waals surface area contributed by atoms with Gasteiger partial charge in [-0.15, -0.1) is 0 Å². The van der Waals surface area contributed by atoms with Gasteiger partial charge in [-0.3, -0.25) is 0 Å². The minimum absolute atomic E-state index is 0.582. The predicted octanol–water partition coefficient (Wildman–Crippen LogP) is 2.66. The molecule has 3 rings (SSSR count). The summed E-state index contributed by atoms with van der Waals surface area (Å²) in [5, 5.41) is 3.34. The Kier molecular flexibility index (Phi) is 3.26. The van der Waals surface area contributed by atoms with Gasteiger partial charge in [0.1, 0.15) is 5.82 Å². The molecule has 98 valence electrons. The largest absolute Gasteiger partial charge is 0.476 e. The zero-order valence-corrected chi connectivity index (χ0v) is 10.7. The van der Waals surface area contributed by atoms with Crippen LogP contribution in [0.1, 0.15) is 32.1 Å². The fourth-order valence-corrected chi connectivity index (χ4v) is 1.96. The molecule has 4 nitrogen and oxygen atoms in total. The Balaban J connectivity index is 1.53. The van der Waals surface area contributed by atoms with Crippen LogP contribution in [0.4, 0.5) is 11.5 Å². The summed E-state index contributed by atoms with van der Waals surface area (Å²) in [6, 6.07) is 3.79. The highest BCUT2D eigenvalue weighted by Gasteiger charge is 2.23. The monoisotopic (exact) mass is 247 g/mol. The summed E-state index contributed by atoms with van der Waals surface area (Å²) in [7, 11) is 0. The number of nitrogens with two attached hydrogens (primary N) is 1. The second-order valence-electron chi connectivity index (χ2n) is 5.50. The quantitative estimate of drug-likeness (QED) is 0.777. The van der Waals surface area contributed by atoms with Crippen LogP contribution in [0.25, 0.3) is 0 Å². The van der Waals surface area contributed by atoms with Crippen LogP contribution < -0.4 is 15.8 Å². The standard InChI is InChI=1S/C14H21N3O/c15-12-5-6-13(16-8-7-10-1-2-10)17-14(12)18-9-11-3-4-11/h5-6,10-11H,1-4,7-9,15H2,(H,16,17). The third-order valence-electron chi connectivity index (χ3n) is 3.60. The number of nitrogens with zero attached hydrogens (tertiary/aromatic N) is 1. The van der Waals surface area contributed by atoms with Gasteiger partial charge in [0.05, 0.1) is 12.3 Å². The Hall–Kier alpha value is -1.45. The van der Waals surface area contributed by atoms with Gasteiger partial charge in [-0.2, -0.15) is 4.98 Å². The molecule has 3 N–H and O–H groups in total. The maximum Gasteiger partial charge on any atom is 0.239 e. The number of nitrogens with one attached hydrogen (secondary N) is 1. The van der Waals surface area contributed by atoms with Gasteiger partial charge in [-0.25, -0.2) is 0 Å². The summed E-state index contributed by atoms with van der Waals surface area (Å²) >= 11 is 0. The van der Waals surface area contributed by atoms with Crippen molar-refractivity contribution < 1.29 is 4.74 Å². The lowest BCUT2D eigenvalue weighted by atomic mass is 10.3. The molecule has 0 atom stereocenters. The molecule has 1 heterocycles. The number of pyridine rings is 1. The fraction of sp³-hybridized carbons (Fsp3) is 0.643. The summed E-state index contributed by atoms with van der Waals surface area (Å²) in [6.07, 6.45) is 6.59. The molecule has 0 bridgehead atoms. The molecule has 0 unspecified atom stereocenters. The Morgan fingerprint density at radius 2 is 2.00 bits per heavy atom. The normalized spacial score (nSPS) is 18.7. The van der Waals surface area contributed by atoms with Crippen LogP contribution in [-0.4, -0.2) is 18.1 Å². The van der Waals surface area contributed by atoms with Crippen molar-refractivity contribution in [2.75, 3.05) is 24.2 Å². The van der Waals surface area contributed by atoms with E-state index in [1.807, 2.05) is 12.1 Å². The van der Waals surface area contributed by atoms with E-state index < -0.39 is 0 Å². The molecule has 2 saturated carbocycles. The van der Waals surface area contributed by atoms with E-state index in [0.29, 0.717) is 11.6 Å². The summed E-state index contributed by atoms with van der Waals surface area (Å²) in [5.74, 6) is 3.11. The van der Waals surface area contributed by atoms with Crippen LogP contribution in [-0.2, 0) is 0 Å². The van der Waals surface area contributed by atoms with E-state index in [0.717, 1.165) is 30.8 Å². The maximum absolute atomic E-state index is 5.87. The van der Waals surface area contributed by atoms with E-state index in [1.54, 1.807) is 0 Å². The van der Waals surface area contributed by atoms with Gasteiger partial charge in [-0.05, 0) is 43.2 Å².